The number of benzene rings is 1. The van der Waals surface area contributed by atoms with Crippen LogP contribution in [0.25, 0.3) is 11.0 Å². The lowest BCUT2D eigenvalue weighted by atomic mass is 10.0. The molecule has 128 valence electrons. The Kier molecular flexibility index (Phi) is 4.24. The number of H-pyrrole nitrogens is 1. The largest absolute Gasteiger partial charge is 0.493 e. The fourth-order valence-corrected chi connectivity index (χ4v) is 3.23. The maximum atomic E-state index is 6.09. The van der Waals surface area contributed by atoms with Gasteiger partial charge in [-0.3, -0.25) is 4.99 Å². The van der Waals surface area contributed by atoms with Gasteiger partial charge >= 0.3 is 0 Å². The van der Waals surface area contributed by atoms with Gasteiger partial charge in [0.25, 0.3) is 0 Å². The summed E-state index contributed by atoms with van der Waals surface area (Å²) >= 11 is 0. The summed E-state index contributed by atoms with van der Waals surface area (Å²) in [6.45, 7) is 1.32. The number of hydrogen-bond acceptors (Lipinski definition) is 3. The van der Waals surface area contributed by atoms with Crippen LogP contribution in [0.2, 0.25) is 0 Å². The number of aromatic amines is 1. The standard InChI is InChI=1S/C19H21N5O/c20-19(24-16-8-11-25-17-6-2-1-4-15(16)17)22-10-7-13-12-23-18-14(13)5-3-9-21-18/h1-6,9,12,16H,7-8,10-11H2,(H,21,23)(H3,20,22,24). The molecule has 6 nitrogen and oxygen atoms in total. The van der Waals surface area contributed by atoms with Gasteiger partial charge in [-0.15, -0.1) is 0 Å². The molecule has 1 unspecified atom stereocenters. The van der Waals surface area contributed by atoms with Crippen LogP contribution in [-0.2, 0) is 6.42 Å². The number of pyridine rings is 1. The molecule has 0 saturated carbocycles. The van der Waals surface area contributed by atoms with E-state index in [2.05, 4.69) is 32.4 Å². The number of rotatable bonds is 4. The molecule has 25 heavy (non-hydrogen) atoms. The average molecular weight is 335 g/mol. The van der Waals surface area contributed by atoms with E-state index >= 15 is 0 Å². The highest BCUT2D eigenvalue weighted by molar-refractivity contribution is 5.80. The Balaban J connectivity index is 1.39. The van der Waals surface area contributed by atoms with Crippen molar-refractivity contribution in [3.63, 3.8) is 0 Å². The molecule has 1 aromatic carbocycles. The van der Waals surface area contributed by atoms with Crippen LogP contribution >= 0.6 is 0 Å². The van der Waals surface area contributed by atoms with Crippen molar-refractivity contribution in [2.24, 2.45) is 10.7 Å². The average Bonchev–Trinajstić information content (AvgIpc) is 3.05. The van der Waals surface area contributed by atoms with Crippen LogP contribution in [0.5, 0.6) is 5.75 Å². The topological polar surface area (TPSA) is 88.3 Å². The highest BCUT2D eigenvalue weighted by Crippen LogP contribution is 2.31. The zero-order valence-electron chi connectivity index (χ0n) is 13.9. The molecule has 0 bridgehead atoms. The third-order valence-corrected chi connectivity index (χ3v) is 4.48. The van der Waals surface area contributed by atoms with E-state index in [1.54, 1.807) is 6.20 Å². The molecule has 0 amide bonds. The van der Waals surface area contributed by atoms with Crippen molar-refractivity contribution in [2.75, 3.05) is 13.2 Å². The summed E-state index contributed by atoms with van der Waals surface area (Å²) in [4.78, 5) is 12.0. The lowest BCUT2D eigenvalue weighted by molar-refractivity contribution is 0.262. The van der Waals surface area contributed by atoms with Gasteiger partial charge in [0.15, 0.2) is 5.96 Å². The summed E-state index contributed by atoms with van der Waals surface area (Å²) in [5.41, 5.74) is 9.34. The second-order valence-corrected chi connectivity index (χ2v) is 6.10. The zero-order valence-corrected chi connectivity index (χ0v) is 13.9. The minimum Gasteiger partial charge on any atom is -0.493 e. The summed E-state index contributed by atoms with van der Waals surface area (Å²) in [7, 11) is 0. The molecule has 0 aliphatic carbocycles. The number of hydrogen-bond donors (Lipinski definition) is 3. The SMILES string of the molecule is NC(=NCCc1c[nH]c2ncccc12)NC1CCOc2ccccc21. The third kappa shape index (κ3) is 3.28. The maximum Gasteiger partial charge on any atom is 0.189 e. The van der Waals surface area contributed by atoms with E-state index < -0.39 is 0 Å². The summed E-state index contributed by atoms with van der Waals surface area (Å²) in [6, 6.07) is 12.2. The quantitative estimate of drug-likeness (QED) is 0.505. The Morgan fingerprint density at radius 2 is 2.24 bits per heavy atom. The molecule has 1 atom stereocenters. The number of nitrogens with two attached hydrogens (primary N) is 1. The predicted octanol–water partition coefficient (Wildman–Crippen LogP) is 2.53. The molecular weight excluding hydrogens is 314 g/mol. The first-order valence-electron chi connectivity index (χ1n) is 8.50. The molecule has 1 aliphatic rings. The lowest BCUT2D eigenvalue weighted by Crippen LogP contribution is -2.37. The Morgan fingerprint density at radius 3 is 3.20 bits per heavy atom. The lowest BCUT2D eigenvalue weighted by Gasteiger charge is -2.26. The molecule has 0 fully saturated rings. The number of nitrogens with one attached hydrogen (secondary N) is 2. The van der Waals surface area contributed by atoms with Gasteiger partial charge in [0.2, 0.25) is 0 Å². The van der Waals surface area contributed by atoms with Gasteiger partial charge in [0.1, 0.15) is 11.4 Å². The molecule has 3 heterocycles. The van der Waals surface area contributed by atoms with E-state index in [1.165, 1.54) is 5.56 Å². The first kappa shape index (κ1) is 15.5. The number of nitrogens with zero attached hydrogens (tertiary/aromatic N) is 2. The Labute approximate surface area is 146 Å². The van der Waals surface area contributed by atoms with E-state index in [1.807, 2.05) is 30.5 Å². The fraction of sp³-hybridized carbons (Fsp3) is 0.263. The summed E-state index contributed by atoms with van der Waals surface area (Å²) in [5.74, 6) is 1.39. The number of aliphatic imine (C=N–C) groups is 1. The van der Waals surface area contributed by atoms with Crippen LogP contribution in [0.4, 0.5) is 0 Å². The minimum absolute atomic E-state index is 0.144. The summed E-state index contributed by atoms with van der Waals surface area (Å²) in [6.07, 6.45) is 5.47. The van der Waals surface area contributed by atoms with Crippen molar-refractivity contribution in [2.45, 2.75) is 18.9 Å². The van der Waals surface area contributed by atoms with Gasteiger partial charge < -0.3 is 20.8 Å². The van der Waals surface area contributed by atoms with E-state index in [0.29, 0.717) is 19.1 Å². The van der Waals surface area contributed by atoms with Crippen LogP contribution in [0.1, 0.15) is 23.6 Å². The molecule has 6 heteroatoms. The van der Waals surface area contributed by atoms with Crippen LogP contribution < -0.4 is 15.8 Å². The Morgan fingerprint density at radius 1 is 1.32 bits per heavy atom. The highest BCUT2D eigenvalue weighted by Gasteiger charge is 2.21. The molecule has 2 aromatic heterocycles. The first-order chi connectivity index (χ1) is 12.3. The number of para-hydroxylation sites is 1. The van der Waals surface area contributed by atoms with Crippen molar-refractivity contribution in [1.82, 2.24) is 15.3 Å². The third-order valence-electron chi connectivity index (χ3n) is 4.48. The van der Waals surface area contributed by atoms with Crippen LogP contribution in [-0.4, -0.2) is 29.1 Å². The maximum absolute atomic E-state index is 6.09. The van der Waals surface area contributed by atoms with Crippen molar-refractivity contribution in [1.29, 1.82) is 0 Å². The molecule has 3 aromatic rings. The Hall–Kier alpha value is -3.02. The van der Waals surface area contributed by atoms with E-state index in [0.717, 1.165) is 35.2 Å². The zero-order chi connectivity index (χ0) is 17.1. The van der Waals surface area contributed by atoms with E-state index in [4.69, 9.17) is 10.5 Å². The number of ether oxygens (including phenoxy) is 1. The van der Waals surface area contributed by atoms with Crippen molar-refractivity contribution >= 4 is 17.0 Å². The number of aromatic nitrogens is 2. The second kappa shape index (κ2) is 6.84. The Bertz CT molecular complexity index is 901. The van der Waals surface area contributed by atoms with Gasteiger partial charge in [-0.05, 0) is 30.2 Å². The second-order valence-electron chi connectivity index (χ2n) is 6.10. The normalized spacial score (nSPS) is 17.1. The van der Waals surface area contributed by atoms with Gasteiger partial charge in [-0.1, -0.05) is 18.2 Å². The molecule has 1 aliphatic heterocycles. The predicted molar refractivity (Wildman–Crippen MR) is 98.7 cm³/mol. The first-order valence-corrected chi connectivity index (χ1v) is 8.50. The number of guanidine groups is 1. The van der Waals surface area contributed by atoms with Gasteiger partial charge in [0.05, 0.1) is 12.6 Å². The van der Waals surface area contributed by atoms with E-state index in [9.17, 15) is 0 Å². The van der Waals surface area contributed by atoms with Crippen LogP contribution in [0.3, 0.4) is 0 Å². The minimum atomic E-state index is 0.144. The van der Waals surface area contributed by atoms with Crippen LogP contribution in [0, 0.1) is 0 Å². The highest BCUT2D eigenvalue weighted by atomic mass is 16.5. The molecule has 0 spiro atoms. The molecule has 4 rings (SSSR count). The van der Waals surface area contributed by atoms with Gasteiger partial charge in [-0.25, -0.2) is 4.98 Å². The monoisotopic (exact) mass is 335 g/mol. The van der Waals surface area contributed by atoms with Crippen molar-refractivity contribution < 1.29 is 4.74 Å². The van der Waals surface area contributed by atoms with Crippen molar-refractivity contribution in [3.8, 4) is 5.75 Å². The van der Waals surface area contributed by atoms with Gasteiger partial charge in [0, 0.05) is 36.3 Å². The number of fused-ring (bicyclic) bond motifs is 2. The molecule has 4 N–H and O–H groups in total. The smallest absolute Gasteiger partial charge is 0.189 e. The fourth-order valence-electron chi connectivity index (χ4n) is 3.23. The summed E-state index contributed by atoms with van der Waals surface area (Å²) < 4.78 is 5.68. The molecule has 0 saturated heterocycles. The van der Waals surface area contributed by atoms with Gasteiger partial charge in [-0.2, -0.15) is 0 Å². The molecular formula is C19H21N5O. The summed E-state index contributed by atoms with van der Waals surface area (Å²) in [5, 5.41) is 4.46. The van der Waals surface area contributed by atoms with Crippen molar-refractivity contribution in [3.05, 3.63) is 59.9 Å². The van der Waals surface area contributed by atoms with Crippen LogP contribution in [0.15, 0.2) is 53.8 Å². The molecule has 0 radical (unpaired) electrons. The van der Waals surface area contributed by atoms with E-state index in [-0.39, 0.29) is 6.04 Å².